The molecule has 4 rings (SSSR count). The lowest BCUT2D eigenvalue weighted by Crippen LogP contribution is -2.41. The first-order valence-corrected chi connectivity index (χ1v) is 9.94. The Kier molecular flexibility index (Phi) is 5.16. The minimum absolute atomic E-state index is 0.160. The van der Waals surface area contributed by atoms with Gasteiger partial charge in [-0.3, -0.25) is 4.79 Å². The summed E-state index contributed by atoms with van der Waals surface area (Å²) in [6, 6.07) is 5.22. The summed E-state index contributed by atoms with van der Waals surface area (Å²) in [5.74, 6) is -0.0374. The molecular formula is C23H25N5O. The highest BCUT2D eigenvalue weighted by Crippen LogP contribution is 2.39. The maximum absolute atomic E-state index is 12.1. The van der Waals surface area contributed by atoms with E-state index >= 15 is 0 Å². The van der Waals surface area contributed by atoms with E-state index in [4.69, 9.17) is 11.1 Å². The van der Waals surface area contributed by atoms with Crippen LogP contribution in [0.5, 0.6) is 0 Å². The van der Waals surface area contributed by atoms with Crippen molar-refractivity contribution >= 4 is 17.3 Å². The fraction of sp³-hybridized carbons (Fsp3) is 0.261. The van der Waals surface area contributed by atoms with Gasteiger partial charge in [-0.25, -0.2) is 4.98 Å². The zero-order valence-corrected chi connectivity index (χ0v) is 16.4. The van der Waals surface area contributed by atoms with Crippen LogP contribution in [0.15, 0.2) is 66.5 Å². The number of primary amides is 1. The molecular weight excluding hydrogens is 362 g/mol. The predicted molar refractivity (Wildman–Crippen MR) is 115 cm³/mol. The minimum Gasteiger partial charge on any atom is -0.377 e. The number of nitrogens with two attached hydrogens (primary N) is 1. The summed E-state index contributed by atoms with van der Waals surface area (Å²) in [6.07, 6.45) is 15.9. The Labute approximate surface area is 170 Å². The van der Waals surface area contributed by atoms with Crippen LogP contribution in [-0.4, -0.2) is 27.2 Å². The summed E-state index contributed by atoms with van der Waals surface area (Å²) in [4.78, 5) is 16.7. The summed E-state index contributed by atoms with van der Waals surface area (Å²) in [7, 11) is 0. The minimum atomic E-state index is -0.528. The topological polar surface area (TPSA) is 96.8 Å². The maximum atomic E-state index is 12.1. The Morgan fingerprint density at radius 2 is 2.24 bits per heavy atom. The lowest BCUT2D eigenvalue weighted by molar-refractivity contribution is 0.1000. The van der Waals surface area contributed by atoms with Gasteiger partial charge >= 0.3 is 0 Å². The average molecular weight is 387 g/mol. The summed E-state index contributed by atoms with van der Waals surface area (Å²) in [5, 5.41) is 12.7. The van der Waals surface area contributed by atoms with Gasteiger partial charge in [-0.1, -0.05) is 43.4 Å². The Bertz CT molecular complexity index is 1040. The molecule has 0 spiro atoms. The largest absolute Gasteiger partial charge is 0.377 e. The molecule has 1 aliphatic heterocycles. The van der Waals surface area contributed by atoms with E-state index < -0.39 is 5.91 Å². The van der Waals surface area contributed by atoms with Crippen LogP contribution in [0.3, 0.4) is 0 Å². The summed E-state index contributed by atoms with van der Waals surface area (Å²) >= 11 is 0. The number of aromatic nitrogens is 2. The molecule has 29 heavy (non-hydrogen) atoms. The number of rotatable bonds is 5. The van der Waals surface area contributed by atoms with Crippen molar-refractivity contribution in [3.63, 3.8) is 0 Å². The van der Waals surface area contributed by atoms with Crippen molar-refractivity contribution in [1.82, 2.24) is 9.55 Å². The van der Waals surface area contributed by atoms with Crippen molar-refractivity contribution in [2.45, 2.75) is 38.3 Å². The van der Waals surface area contributed by atoms with Crippen LogP contribution >= 0.6 is 0 Å². The molecule has 2 unspecified atom stereocenters. The number of nitrogens with zero attached hydrogens (tertiary/aromatic N) is 2. The van der Waals surface area contributed by atoms with Gasteiger partial charge in [-0.05, 0) is 30.5 Å². The van der Waals surface area contributed by atoms with E-state index in [2.05, 4.69) is 40.0 Å². The number of anilines is 1. The van der Waals surface area contributed by atoms with Crippen LogP contribution < -0.4 is 11.1 Å². The maximum Gasteiger partial charge on any atom is 0.249 e. The lowest BCUT2D eigenvalue weighted by Gasteiger charge is -2.36. The second-order valence-corrected chi connectivity index (χ2v) is 7.31. The number of fused-ring (bicyclic) bond motifs is 1. The Hall–Kier alpha value is -3.41. The number of hydrogen-bond acceptors (Lipinski definition) is 4. The van der Waals surface area contributed by atoms with Crippen LogP contribution in [0.4, 0.5) is 5.69 Å². The molecule has 6 nitrogen and oxygen atoms in total. The number of amides is 1. The Morgan fingerprint density at radius 1 is 1.38 bits per heavy atom. The molecule has 2 atom stereocenters. The third kappa shape index (κ3) is 3.42. The smallest absolute Gasteiger partial charge is 0.249 e. The zero-order chi connectivity index (χ0) is 20.4. The van der Waals surface area contributed by atoms with E-state index in [1.165, 1.54) is 0 Å². The third-order valence-electron chi connectivity index (χ3n) is 5.43. The van der Waals surface area contributed by atoms with E-state index in [-0.39, 0.29) is 12.0 Å². The summed E-state index contributed by atoms with van der Waals surface area (Å²) in [5.41, 5.74) is 8.79. The molecule has 1 amide bonds. The van der Waals surface area contributed by atoms with Gasteiger partial charge in [0.1, 0.15) is 5.82 Å². The first kappa shape index (κ1) is 18.9. The van der Waals surface area contributed by atoms with Crippen LogP contribution in [-0.2, 0) is 6.54 Å². The van der Waals surface area contributed by atoms with Gasteiger partial charge in [0.2, 0.25) is 5.91 Å². The second kappa shape index (κ2) is 7.91. The van der Waals surface area contributed by atoms with Crippen molar-refractivity contribution in [2.24, 2.45) is 5.73 Å². The van der Waals surface area contributed by atoms with E-state index in [0.717, 1.165) is 36.5 Å². The fourth-order valence-electron chi connectivity index (χ4n) is 4.15. The summed E-state index contributed by atoms with van der Waals surface area (Å²) < 4.78 is 2.10. The molecule has 1 aromatic heterocycles. The zero-order valence-electron chi connectivity index (χ0n) is 16.4. The van der Waals surface area contributed by atoms with Crippen molar-refractivity contribution in [3.05, 3.63) is 83.5 Å². The van der Waals surface area contributed by atoms with E-state index in [9.17, 15) is 4.79 Å². The van der Waals surface area contributed by atoms with Gasteiger partial charge in [0.05, 0.1) is 23.2 Å². The van der Waals surface area contributed by atoms with Crippen LogP contribution in [0.25, 0.3) is 0 Å². The van der Waals surface area contributed by atoms with Gasteiger partial charge < -0.3 is 21.0 Å². The number of benzene rings is 1. The third-order valence-corrected chi connectivity index (χ3v) is 5.43. The van der Waals surface area contributed by atoms with Crippen molar-refractivity contribution < 1.29 is 4.79 Å². The quantitative estimate of drug-likeness (QED) is 0.728. The molecule has 2 aromatic rings. The van der Waals surface area contributed by atoms with Gasteiger partial charge in [-0.2, -0.15) is 0 Å². The molecule has 0 fully saturated rings. The molecule has 4 N–H and O–H groups in total. The highest BCUT2D eigenvalue weighted by atomic mass is 16.1. The average Bonchev–Trinajstić information content (AvgIpc) is 2.99. The number of carbonyl (C=O) groups is 1. The number of hydrogen-bond donors (Lipinski definition) is 3. The fourth-order valence-corrected chi connectivity index (χ4v) is 4.15. The van der Waals surface area contributed by atoms with Gasteiger partial charge in [0, 0.05) is 30.2 Å². The first-order valence-electron chi connectivity index (χ1n) is 9.94. The van der Waals surface area contributed by atoms with E-state index in [1.54, 1.807) is 18.3 Å². The standard InChI is InChI=1S/C23H25N5O/c1-2-13-28-14-12-26-23(28)19-20(24)18-16(22(25)29)10-7-11-17(18)27-21(19)15-8-5-3-4-6-9-15/h3-5,7-12,14,19,21,24,27H,2,6,13H2,1H3,(H2,25,29). The predicted octanol–water partition coefficient (Wildman–Crippen LogP) is 3.78. The normalized spacial score (nSPS) is 20.6. The van der Waals surface area contributed by atoms with Crippen molar-refractivity contribution in [1.29, 1.82) is 5.41 Å². The number of allylic oxidation sites excluding steroid dienone is 4. The van der Waals surface area contributed by atoms with E-state index in [1.807, 2.05) is 24.4 Å². The van der Waals surface area contributed by atoms with Gasteiger partial charge in [0.15, 0.2) is 0 Å². The SMILES string of the molecule is CCCn1ccnc1C1C(=N)c2c(cccc2C(N)=O)NC1C1=CCC=CC=C1. The first-order chi connectivity index (χ1) is 14.1. The summed E-state index contributed by atoms with van der Waals surface area (Å²) in [6.45, 7) is 2.95. The number of carbonyl (C=O) groups excluding carboxylic acids is 1. The molecule has 0 saturated heterocycles. The molecule has 148 valence electrons. The van der Waals surface area contributed by atoms with Crippen molar-refractivity contribution in [3.8, 4) is 0 Å². The molecule has 0 bridgehead atoms. The van der Waals surface area contributed by atoms with Gasteiger partial charge in [0.25, 0.3) is 0 Å². The second-order valence-electron chi connectivity index (χ2n) is 7.31. The van der Waals surface area contributed by atoms with Crippen LogP contribution in [0.2, 0.25) is 0 Å². The monoisotopic (exact) mass is 387 g/mol. The Morgan fingerprint density at radius 3 is 3.03 bits per heavy atom. The number of aryl methyl sites for hydroxylation is 1. The molecule has 1 aromatic carbocycles. The molecule has 0 saturated carbocycles. The van der Waals surface area contributed by atoms with Crippen molar-refractivity contribution in [2.75, 3.05) is 5.32 Å². The lowest BCUT2D eigenvalue weighted by atomic mass is 9.79. The molecule has 1 aliphatic carbocycles. The highest BCUT2D eigenvalue weighted by molar-refractivity contribution is 6.16. The molecule has 0 radical (unpaired) electrons. The number of nitrogens with one attached hydrogen (secondary N) is 2. The van der Waals surface area contributed by atoms with Crippen LogP contribution in [0.1, 0.15) is 47.4 Å². The van der Waals surface area contributed by atoms with E-state index in [0.29, 0.717) is 16.8 Å². The number of imidazole rings is 1. The van der Waals surface area contributed by atoms with Crippen LogP contribution in [0, 0.1) is 5.41 Å². The molecule has 2 heterocycles. The highest BCUT2D eigenvalue weighted by Gasteiger charge is 2.39. The Balaban J connectivity index is 1.88. The van der Waals surface area contributed by atoms with Gasteiger partial charge in [-0.15, -0.1) is 0 Å². The molecule has 2 aliphatic rings. The molecule has 6 heteroatoms.